The van der Waals surface area contributed by atoms with Crippen molar-refractivity contribution < 1.29 is 0 Å². The molecule has 0 unspecified atom stereocenters. The zero-order valence-corrected chi connectivity index (χ0v) is 11.9. The number of benzene rings is 1. The van der Waals surface area contributed by atoms with Crippen LogP contribution in [-0.2, 0) is 6.54 Å². The Morgan fingerprint density at radius 1 is 1.00 bits per heavy atom. The Balaban J connectivity index is 2.20. The third kappa shape index (κ3) is 3.02. The summed E-state index contributed by atoms with van der Waals surface area (Å²) in [6.45, 7) is 6.81. The van der Waals surface area contributed by atoms with E-state index < -0.39 is 0 Å². The highest BCUT2D eigenvalue weighted by atomic mass is 15.1. The van der Waals surface area contributed by atoms with Crippen molar-refractivity contribution >= 4 is 11.6 Å². The van der Waals surface area contributed by atoms with E-state index >= 15 is 0 Å². The second kappa shape index (κ2) is 5.69. The first-order valence-corrected chi connectivity index (χ1v) is 6.43. The van der Waals surface area contributed by atoms with Crippen molar-refractivity contribution in [3.05, 3.63) is 46.8 Å². The summed E-state index contributed by atoms with van der Waals surface area (Å²) in [6.07, 6.45) is 0. The second-order valence-electron chi connectivity index (χ2n) is 4.62. The Labute approximate surface area is 114 Å². The van der Waals surface area contributed by atoms with E-state index in [2.05, 4.69) is 51.8 Å². The molecule has 0 atom stereocenters. The normalized spacial score (nSPS) is 10.3. The quantitative estimate of drug-likeness (QED) is 0.882. The van der Waals surface area contributed by atoms with Crippen LogP contribution in [0.3, 0.4) is 0 Å². The third-order valence-corrected chi connectivity index (χ3v) is 3.20. The Morgan fingerprint density at radius 3 is 2.37 bits per heavy atom. The second-order valence-corrected chi connectivity index (χ2v) is 4.62. The first-order valence-electron chi connectivity index (χ1n) is 6.43. The molecule has 1 heterocycles. The first-order chi connectivity index (χ1) is 9.11. The smallest absolute Gasteiger partial charge is 0.135 e. The van der Waals surface area contributed by atoms with Crippen molar-refractivity contribution in [1.29, 1.82) is 0 Å². The maximum Gasteiger partial charge on any atom is 0.135 e. The number of aromatic nitrogens is 2. The largest absolute Gasteiger partial charge is 0.373 e. The summed E-state index contributed by atoms with van der Waals surface area (Å²) in [5, 5.41) is 6.49. The topological polar surface area (TPSA) is 49.8 Å². The molecule has 1 aromatic carbocycles. The lowest BCUT2D eigenvalue weighted by Gasteiger charge is -2.13. The predicted octanol–water partition coefficient (Wildman–Crippen LogP) is 3.06. The molecule has 1 aromatic heterocycles. The summed E-state index contributed by atoms with van der Waals surface area (Å²) < 4.78 is 0. The van der Waals surface area contributed by atoms with Crippen molar-refractivity contribution in [3.8, 4) is 0 Å². The molecule has 2 aromatic rings. The lowest BCUT2D eigenvalue weighted by molar-refractivity contribution is 1.000. The van der Waals surface area contributed by atoms with Crippen LogP contribution in [0.25, 0.3) is 0 Å². The number of hydrogen-bond acceptors (Lipinski definition) is 4. The molecule has 2 rings (SSSR count). The van der Waals surface area contributed by atoms with Crippen LogP contribution in [0.5, 0.6) is 0 Å². The minimum absolute atomic E-state index is 0.766. The standard InChI is InChI=1S/C15H20N4/c1-10-7-5-6-8-13(10)9-17-15-11(2)14(16-4)18-12(3)19-15/h5-8H,9H2,1-4H3,(H2,16,17,18,19). The van der Waals surface area contributed by atoms with Gasteiger partial charge < -0.3 is 10.6 Å². The molecule has 2 N–H and O–H groups in total. The average molecular weight is 256 g/mol. The van der Waals surface area contributed by atoms with E-state index in [-0.39, 0.29) is 0 Å². The zero-order valence-electron chi connectivity index (χ0n) is 11.9. The van der Waals surface area contributed by atoms with E-state index in [9.17, 15) is 0 Å². The summed E-state index contributed by atoms with van der Waals surface area (Å²) >= 11 is 0. The highest BCUT2D eigenvalue weighted by Gasteiger charge is 2.08. The van der Waals surface area contributed by atoms with Crippen molar-refractivity contribution in [2.75, 3.05) is 17.7 Å². The van der Waals surface area contributed by atoms with Gasteiger partial charge in [0.1, 0.15) is 17.5 Å². The van der Waals surface area contributed by atoms with Crippen LogP contribution >= 0.6 is 0 Å². The van der Waals surface area contributed by atoms with Crippen molar-refractivity contribution in [2.24, 2.45) is 0 Å². The monoisotopic (exact) mass is 256 g/mol. The van der Waals surface area contributed by atoms with E-state index in [1.54, 1.807) is 0 Å². The van der Waals surface area contributed by atoms with E-state index in [4.69, 9.17) is 0 Å². The van der Waals surface area contributed by atoms with Gasteiger partial charge in [-0.3, -0.25) is 0 Å². The van der Waals surface area contributed by atoms with Crippen LogP contribution in [-0.4, -0.2) is 17.0 Å². The lowest BCUT2D eigenvalue weighted by Crippen LogP contribution is -2.08. The molecule has 0 radical (unpaired) electrons. The highest BCUT2D eigenvalue weighted by molar-refractivity contribution is 5.57. The first kappa shape index (κ1) is 13.3. The maximum atomic E-state index is 4.46. The van der Waals surface area contributed by atoms with Crippen molar-refractivity contribution in [1.82, 2.24) is 9.97 Å². The van der Waals surface area contributed by atoms with Crippen LogP contribution in [0.15, 0.2) is 24.3 Å². The molecule has 0 saturated carbocycles. The fourth-order valence-corrected chi connectivity index (χ4v) is 2.03. The highest BCUT2D eigenvalue weighted by Crippen LogP contribution is 2.20. The number of nitrogens with one attached hydrogen (secondary N) is 2. The van der Waals surface area contributed by atoms with Gasteiger partial charge in [0.25, 0.3) is 0 Å². The lowest BCUT2D eigenvalue weighted by atomic mass is 10.1. The molecule has 0 amide bonds. The summed E-state index contributed by atoms with van der Waals surface area (Å²) in [5.74, 6) is 2.53. The SMILES string of the molecule is CNc1nc(C)nc(NCc2ccccc2C)c1C. The van der Waals surface area contributed by atoms with Gasteiger partial charge in [0.2, 0.25) is 0 Å². The molecule has 0 aliphatic carbocycles. The number of aryl methyl sites for hydroxylation is 2. The molecule has 0 fully saturated rings. The predicted molar refractivity (Wildman–Crippen MR) is 79.6 cm³/mol. The molecule has 19 heavy (non-hydrogen) atoms. The van der Waals surface area contributed by atoms with Crippen molar-refractivity contribution in [3.63, 3.8) is 0 Å². The Bertz CT molecular complexity index is 578. The molecule has 0 bridgehead atoms. The van der Waals surface area contributed by atoms with Gasteiger partial charge in [0.05, 0.1) is 0 Å². The number of nitrogens with zero attached hydrogens (tertiary/aromatic N) is 2. The molecule has 0 aliphatic rings. The van der Waals surface area contributed by atoms with E-state index in [1.165, 1.54) is 11.1 Å². The van der Waals surface area contributed by atoms with Gasteiger partial charge in [-0.25, -0.2) is 9.97 Å². The number of hydrogen-bond donors (Lipinski definition) is 2. The van der Waals surface area contributed by atoms with Crippen LogP contribution < -0.4 is 10.6 Å². The van der Waals surface area contributed by atoms with Gasteiger partial charge in [-0.1, -0.05) is 24.3 Å². The molecule has 4 nitrogen and oxygen atoms in total. The molecular weight excluding hydrogens is 236 g/mol. The minimum atomic E-state index is 0.766. The average Bonchev–Trinajstić information content (AvgIpc) is 2.41. The van der Waals surface area contributed by atoms with Gasteiger partial charge >= 0.3 is 0 Å². The minimum Gasteiger partial charge on any atom is -0.373 e. The molecule has 0 spiro atoms. The molecule has 0 saturated heterocycles. The zero-order chi connectivity index (χ0) is 13.8. The van der Waals surface area contributed by atoms with Gasteiger partial charge in [0.15, 0.2) is 0 Å². The van der Waals surface area contributed by atoms with Crippen LogP contribution in [0, 0.1) is 20.8 Å². The van der Waals surface area contributed by atoms with Gasteiger partial charge in [-0.2, -0.15) is 0 Å². The fraction of sp³-hybridized carbons (Fsp3) is 0.333. The molecule has 4 heteroatoms. The fourth-order valence-electron chi connectivity index (χ4n) is 2.03. The van der Waals surface area contributed by atoms with E-state index in [0.29, 0.717) is 0 Å². The Hall–Kier alpha value is -2.10. The Morgan fingerprint density at radius 2 is 1.68 bits per heavy atom. The summed E-state index contributed by atoms with van der Waals surface area (Å²) in [5.41, 5.74) is 3.61. The molecular formula is C15H20N4. The number of anilines is 2. The van der Waals surface area contributed by atoms with Gasteiger partial charge in [0, 0.05) is 19.2 Å². The molecule has 0 aliphatic heterocycles. The van der Waals surface area contributed by atoms with E-state index in [1.807, 2.05) is 20.9 Å². The van der Waals surface area contributed by atoms with Crippen LogP contribution in [0.4, 0.5) is 11.6 Å². The summed E-state index contributed by atoms with van der Waals surface area (Å²) in [6, 6.07) is 8.36. The van der Waals surface area contributed by atoms with Crippen LogP contribution in [0.2, 0.25) is 0 Å². The summed E-state index contributed by atoms with van der Waals surface area (Å²) in [7, 11) is 1.87. The van der Waals surface area contributed by atoms with Crippen LogP contribution in [0.1, 0.15) is 22.5 Å². The third-order valence-electron chi connectivity index (χ3n) is 3.20. The van der Waals surface area contributed by atoms with Gasteiger partial charge in [-0.15, -0.1) is 0 Å². The van der Waals surface area contributed by atoms with Crippen molar-refractivity contribution in [2.45, 2.75) is 27.3 Å². The van der Waals surface area contributed by atoms with Gasteiger partial charge in [-0.05, 0) is 31.9 Å². The number of rotatable bonds is 4. The van der Waals surface area contributed by atoms with E-state index in [0.717, 1.165) is 29.6 Å². The Kier molecular flexibility index (Phi) is 4.00. The maximum absolute atomic E-state index is 4.46. The summed E-state index contributed by atoms with van der Waals surface area (Å²) in [4.78, 5) is 8.83. The molecule has 100 valence electrons.